The standard InChI is InChI=1S/C13H19NO2/c1-2-8-14-9-4-3-5-11-6-7-12(15)13(16)10-11/h6-7,10,14H,2-5,8-9H2,1H3. The van der Waals surface area contributed by atoms with E-state index in [1.165, 1.54) is 12.2 Å². The van der Waals surface area contributed by atoms with Gasteiger partial charge in [0.05, 0.1) is 0 Å². The fraction of sp³-hybridized carbons (Fsp3) is 0.538. The minimum absolute atomic E-state index is 0.387. The second kappa shape index (κ2) is 7.12. The first kappa shape index (κ1) is 12.8. The van der Waals surface area contributed by atoms with Crippen LogP contribution in [-0.4, -0.2) is 24.7 Å². The van der Waals surface area contributed by atoms with E-state index in [9.17, 15) is 9.59 Å². The SMILES string of the molecule is CCCNCCCCC1=CC(=O)C(=O)C=C1. The summed E-state index contributed by atoms with van der Waals surface area (Å²) < 4.78 is 0. The van der Waals surface area contributed by atoms with Crippen LogP contribution in [0.4, 0.5) is 0 Å². The Kier molecular flexibility index (Phi) is 5.72. The summed E-state index contributed by atoms with van der Waals surface area (Å²) in [5.74, 6) is -0.796. The van der Waals surface area contributed by atoms with Gasteiger partial charge in [-0.1, -0.05) is 13.0 Å². The molecule has 1 rings (SSSR count). The maximum Gasteiger partial charge on any atom is 0.225 e. The summed E-state index contributed by atoms with van der Waals surface area (Å²) in [5.41, 5.74) is 0.972. The summed E-state index contributed by atoms with van der Waals surface area (Å²) in [6, 6.07) is 0. The van der Waals surface area contributed by atoms with E-state index in [0.717, 1.165) is 44.3 Å². The van der Waals surface area contributed by atoms with Gasteiger partial charge in [-0.2, -0.15) is 0 Å². The van der Waals surface area contributed by atoms with Gasteiger partial charge in [0.25, 0.3) is 0 Å². The highest BCUT2D eigenvalue weighted by atomic mass is 16.2. The van der Waals surface area contributed by atoms with Gasteiger partial charge in [0.15, 0.2) is 0 Å². The van der Waals surface area contributed by atoms with Crippen molar-refractivity contribution in [1.82, 2.24) is 5.32 Å². The highest BCUT2D eigenvalue weighted by molar-refractivity contribution is 6.46. The number of carbonyl (C=O) groups excluding carboxylic acids is 2. The Bertz CT molecular complexity index is 316. The molecular formula is C13H19NO2. The maximum absolute atomic E-state index is 11.1. The monoisotopic (exact) mass is 221 g/mol. The number of hydrogen-bond acceptors (Lipinski definition) is 3. The topological polar surface area (TPSA) is 46.2 Å². The predicted octanol–water partition coefficient (Wildman–Crippen LogP) is 1.79. The highest BCUT2D eigenvalue weighted by Crippen LogP contribution is 2.12. The Hall–Kier alpha value is -1.22. The molecule has 0 saturated heterocycles. The fourth-order valence-corrected chi connectivity index (χ4v) is 1.59. The molecule has 0 bridgehead atoms. The molecule has 0 atom stereocenters. The summed E-state index contributed by atoms with van der Waals surface area (Å²) in [6.45, 7) is 4.24. The number of unbranched alkanes of at least 4 members (excludes halogenated alkanes) is 1. The highest BCUT2D eigenvalue weighted by Gasteiger charge is 2.12. The number of hydrogen-bond donors (Lipinski definition) is 1. The van der Waals surface area contributed by atoms with Crippen molar-refractivity contribution in [2.75, 3.05) is 13.1 Å². The van der Waals surface area contributed by atoms with Crippen molar-refractivity contribution >= 4 is 11.6 Å². The van der Waals surface area contributed by atoms with E-state index in [1.54, 1.807) is 6.08 Å². The lowest BCUT2D eigenvalue weighted by atomic mass is 10.0. The van der Waals surface area contributed by atoms with E-state index < -0.39 is 5.78 Å². The van der Waals surface area contributed by atoms with Crippen LogP contribution in [0.1, 0.15) is 32.6 Å². The van der Waals surface area contributed by atoms with Crippen LogP contribution < -0.4 is 5.32 Å². The third-order valence-corrected chi connectivity index (χ3v) is 2.50. The van der Waals surface area contributed by atoms with Gasteiger partial charge in [0.1, 0.15) is 0 Å². The first-order valence-corrected chi connectivity index (χ1v) is 5.91. The summed E-state index contributed by atoms with van der Waals surface area (Å²) in [5, 5.41) is 3.33. The molecule has 0 aromatic carbocycles. The van der Waals surface area contributed by atoms with Crippen LogP contribution in [0.15, 0.2) is 23.8 Å². The quantitative estimate of drug-likeness (QED) is 0.405. The molecule has 0 amide bonds. The number of rotatable bonds is 7. The molecule has 0 aromatic heterocycles. The van der Waals surface area contributed by atoms with Crippen LogP contribution in [0.5, 0.6) is 0 Å². The molecule has 0 heterocycles. The van der Waals surface area contributed by atoms with Crippen LogP contribution in [0.25, 0.3) is 0 Å². The lowest BCUT2D eigenvalue weighted by Crippen LogP contribution is -2.16. The van der Waals surface area contributed by atoms with E-state index in [2.05, 4.69) is 12.2 Å². The molecule has 16 heavy (non-hydrogen) atoms. The summed E-state index contributed by atoms with van der Waals surface area (Å²) in [6.07, 6.45) is 8.77. The van der Waals surface area contributed by atoms with Crippen LogP contribution in [0, 0.1) is 0 Å². The Morgan fingerprint density at radius 3 is 2.56 bits per heavy atom. The van der Waals surface area contributed by atoms with Crippen LogP contribution in [-0.2, 0) is 9.59 Å². The maximum atomic E-state index is 11.1. The molecule has 0 spiro atoms. The van der Waals surface area contributed by atoms with Crippen molar-refractivity contribution in [2.24, 2.45) is 0 Å². The molecule has 0 aliphatic heterocycles. The van der Waals surface area contributed by atoms with E-state index in [1.807, 2.05) is 0 Å². The molecule has 0 radical (unpaired) electrons. The minimum atomic E-state index is -0.409. The third-order valence-electron chi connectivity index (χ3n) is 2.50. The molecule has 0 fully saturated rings. The van der Waals surface area contributed by atoms with Crippen molar-refractivity contribution in [1.29, 1.82) is 0 Å². The molecular weight excluding hydrogens is 202 g/mol. The van der Waals surface area contributed by atoms with E-state index in [-0.39, 0.29) is 5.78 Å². The molecule has 1 N–H and O–H groups in total. The van der Waals surface area contributed by atoms with Crippen molar-refractivity contribution in [3.8, 4) is 0 Å². The minimum Gasteiger partial charge on any atom is -0.317 e. The normalized spacial score (nSPS) is 15.4. The predicted molar refractivity (Wildman–Crippen MR) is 64.2 cm³/mol. The van der Waals surface area contributed by atoms with Gasteiger partial charge in [0.2, 0.25) is 11.6 Å². The first-order chi connectivity index (χ1) is 7.74. The van der Waals surface area contributed by atoms with E-state index in [0.29, 0.717) is 0 Å². The van der Waals surface area contributed by atoms with Gasteiger partial charge < -0.3 is 5.32 Å². The van der Waals surface area contributed by atoms with E-state index in [4.69, 9.17) is 0 Å². The van der Waals surface area contributed by atoms with Crippen LogP contribution in [0.3, 0.4) is 0 Å². The summed E-state index contributed by atoms with van der Waals surface area (Å²) in [7, 11) is 0. The molecule has 0 saturated carbocycles. The zero-order chi connectivity index (χ0) is 11.8. The Balaban J connectivity index is 2.14. The van der Waals surface area contributed by atoms with E-state index >= 15 is 0 Å². The zero-order valence-corrected chi connectivity index (χ0v) is 9.79. The van der Waals surface area contributed by atoms with Crippen LogP contribution in [0.2, 0.25) is 0 Å². The Morgan fingerprint density at radius 2 is 1.88 bits per heavy atom. The lowest BCUT2D eigenvalue weighted by molar-refractivity contribution is -0.131. The average Bonchev–Trinajstić information content (AvgIpc) is 2.28. The summed E-state index contributed by atoms with van der Waals surface area (Å²) in [4.78, 5) is 22.0. The van der Waals surface area contributed by atoms with Crippen molar-refractivity contribution < 1.29 is 9.59 Å². The fourth-order valence-electron chi connectivity index (χ4n) is 1.59. The van der Waals surface area contributed by atoms with Crippen LogP contribution >= 0.6 is 0 Å². The largest absolute Gasteiger partial charge is 0.317 e. The smallest absolute Gasteiger partial charge is 0.225 e. The van der Waals surface area contributed by atoms with Gasteiger partial charge in [-0.05, 0) is 56.5 Å². The molecule has 0 unspecified atom stereocenters. The average molecular weight is 221 g/mol. The van der Waals surface area contributed by atoms with Gasteiger partial charge in [-0.25, -0.2) is 0 Å². The van der Waals surface area contributed by atoms with Gasteiger partial charge in [0, 0.05) is 0 Å². The molecule has 88 valence electrons. The van der Waals surface area contributed by atoms with Crippen molar-refractivity contribution in [3.63, 3.8) is 0 Å². The van der Waals surface area contributed by atoms with Crippen molar-refractivity contribution in [2.45, 2.75) is 32.6 Å². The molecule has 1 aliphatic carbocycles. The number of allylic oxidation sites excluding steroid dienone is 4. The Labute approximate surface area is 96.6 Å². The molecule has 0 aromatic rings. The first-order valence-electron chi connectivity index (χ1n) is 5.91. The zero-order valence-electron chi connectivity index (χ0n) is 9.79. The second-order valence-electron chi connectivity index (χ2n) is 3.99. The lowest BCUT2D eigenvalue weighted by Gasteiger charge is -2.06. The number of carbonyl (C=O) groups is 2. The third kappa shape index (κ3) is 4.53. The molecule has 3 nitrogen and oxygen atoms in total. The number of nitrogens with one attached hydrogen (secondary N) is 1. The van der Waals surface area contributed by atoms with Crippen molar-refractivity contribution in [3.05, 3.63) is 23.8 Å². The Morgan fingerprint density at radius 1 is 1.06 bits per heavy atom. The second-order valence-corrected chi connectivity index (χ2v) is 3.99. The molecule has 1 aliphatic rings. The summed E-state index contributed by atoms with van der Waals surface area (Å²) >= 11 is 0. The van der Waals surface area contributed by atoms with Gasteiger partial charge in [-0.3, -0.25) is 9.59 Å². The number of ketones is 2. The molecule has 3 heteroatoms. The van der Waals surface area contributed by atoms with Gasteiger partial charge in [-0.15, -0.1) is 0 Å². The van der Waals surface area contributed by atoms with Gasteiger partial charge >= 0.3 is 0 Å².